The molecule has 0 aromatic carbocycles. The Hall–Kier alpha value is -2.69. The molecule has 4 rings (SSSR count). The first kappa shape index (κ1) is 21.5. The van der Waals surface area contributed by atoms with E-state index in [1.165, 1.54) is 41.9 Å². The molecule has 3 aromatic heterocycles. The van der Waals surface area contributed by atoms with Gasteiger partial charge in [-0.05, 0) is 63.4 Å². The van der Waals surface area contributed by atoms with Crippen LogP contribution in [-0.2, 0) is 13.1 Å². The lowest BCUT2D eigenvalue weighted by molar-refractivity contribution is 0.198. The number of hydrogen-bond donors (Lipinski definition) is 1. The average Bonchev–Trinajstić information content (AvgIpc) is 3.35. The first-order valence-corrected chi connectivity index (χ1v) is 11.9. The summed E-state index contributed by atoms with van der Waals surface area (Å²) >= 11 is 1.63. The number of nitriles is 1. The van der Waals surface area contributed by atoms with Crippen LogP contribution in [0.4, 0.5) is 10.8 Å². The van der Waals surface area contributed by atoms with Crippen LogP contribution < -0.4 is 5.32 Å². The van der Waals surface area contributed by atoms with Gasteiger partial charge in [-0.25, -0.2) is 9.97 Å². The number of aromatic nitrogens is 3. The molecule has 0 bridgehead atoms. The topological polar surface area (TPSA) is 69.8 Å². The standard InChI is InChI=1S/C24H30N6S/c1-4-9-30-17(2)11-20(18(30)3)15-29-10-5-6-19(14-29)23-16-31-24(28-23)27-22-8-7-21(12-25)26-13-22/h7-8,11,13,16,19H,4-6,9-10,14-15H2,1-3H3,(H,27,28). The Kier molecular flexibility index (Phi) is 6.69. The Morgan fingerprint density at radius 3 is 2.94 bits per heavy atom. The predicted octanol–water partition coefficient (Wildman–Crippen LogP) is 5.36. The minimum Gasteiger partial charge on any atom is -0.349 e. The molecular formula is C24H30N6S. The second-order valence-electron chi connectivity index (χ2n) is 8.37. The van der Waals surface area contributed by atoms with Gasteiger partial charge >= 0.3 is 0 Å². The molecule has 0 saturated carbocycles. The zero-order chi connectivity index (χ0) is 21.8. The lowest BCUT2D eigenvalue weighted by Gasteiger charge is -2.32. The van der Waals surface area contributed by atoms with Crippen molar-refractivity contribution < 1.29 is 0 Å². The normalized spacial score (nSPS) is 16.9. The zero-order valence-electron chi connectivity index (χ0n) is 18.6. The van der Waals surface area contributed by atoms with E-state index in [1.807, 2.05) is 12.1 Å². The fourth-order valence-electron chi connectivity index (χ4n) is 4.47. The van der Waals surface area contributed by atoms with Crippen molar-refractivity contribution in [1.29, 1.82) is 5.26 Å². The molecule has 6 nitrogen and oxygen atoms in total. The number of piperidine rings is 1. The zero-order valence-corrected chi connectivity index (χ0v) is 19.4. The van der Waals surface area contributed by atoms with Gasteiger partial charge in [0.1, 0.15) is 11.8 Å². The molecule has 1 N–H and O–H groups in total. The Bertz CT molecular complexity index is 1060. The second-order valence-corrected chi connectivity index (χ2v) is 9.23. The summed E-state index contributed by atoms with van der Waals surface area (Å²) < 4.78 is 2.45. The van der Waals surface area contributed by atoms with Gasteiger partial charge in [0.15, 0.2) is 5.13 Å². The summed E-state index contributed by atoms with van der Waals surface area (Å²) in [4.78, 5) is 11.6. The summed E-state index contributed by atoms with van der Waals surface area (Å²) in [6.07, 6.45) is 5.24. The average molecular weight is 435 g/mol. The van der Waals surface area contributed by atoms with Gasteiger partial charge in [-0.15, -0.1) is 11.3 Å². The third kappa shape index (κ3) is 4.97. The van der Waals surface area contributed by atoms with E-state index in [1.54, 1.807) is 23.6 Å². The molecule has 0 amide bonds. The maximum atomic E-state index is 8.89. The van der Waals surface area contributed by atoms with Crippen LogP contribution in [0.2, 0.25) is 0 Å². The Morgan fingerprint density at radius 2 is 2.19 bits per heavy atom. The van der Waals surface area contributed by atoms with Crippen molar-refractivity contribution in [3.63, 3.8) is 0 Å². The fraction of sp³-hybridized carbons (Fsp3) is 0.458. The molecule has 1 fully saturated rings. The number of pyridine rings is 1. The number of aryl methyl sites for hydroxylation is 1. The summed E-state index contributed by atoms with van der Waals surface area (Å²) in [5, 5.41) is 15.3. The van der Waals surface area contributed by atoms with Crippen molar-refractivity contribution >= 4 is 22.2 Å². The summed E-state index contributed by atoms with van der Waals surface area (Å²) in [7, 11) is 0. The third-order valence-corrected chi connectivity index (χ3v) is 6.87. The quantitative estimate of drug-likeness (QED) is 0.542. The molecule has 4 heterocycles. The monoisotopic (exact) mass is 434 g/mol. The minimum atomic E-state index is 0.420. The Labute approximate surface area is 188 Å². The molecule has 162 valence electrons. The minimum absolute atomic E-state index is 0.420. The lowest BCUT2D eigenvalue weighted by Crippen LogP contribution is -2.34. The van der Waals surface area contributed by atoms with Crippen LogP contribution in [0.3, 0.4) is 0 Å². The van der Waals surface area contributed by atoms with Crippen LogP contribution in [0.15, 0.2) is 29.8 Å². The molecule has 0 radical (unpaired) electrons. The highest BCUT2D eigenvalue weighted by Crippen LogP contribution is 2.31. The van der Waals surface area contributed by atoms with Crippen molar-refractivity contribution in [3.05, 3.63) is 58.1 Å². The summed E-state index contributed by atoms with van der Waals surface area (Å²) in [6.45, 7) is 11.0. The van der Waals surface area contributed by atoms with E-state index in [-0.39, 0.29) is 0 Å². The van der Waals surface area contributed by atoms with Crippen LogP contribution in [0.5, 0.6) is 0 Å². The van der Waals surface area contributed by atoms with Crippen LogP contribution in [0.1, 0.15) is 60.4 Å². The Balaban J connectivity index is 1.40. The van der Waals surface area contributed by atoms with Crippen molar-refractivity contribution in [2.24, 2.45) is 0 Å². The molecule has 31 heavy (non-hydrogen) atoms. The number of likely N-dealkylation sites (tertiary alicyclic amines) is 1. The van der Waals surface area contributed by atoms with E-state index in [0.717, 1.165) is 37.0 Å². The maximum absolute atomic E-state index is 8.89. The summed E-state index contributed by atoms with van der Waals surface area (Å²) in [5.41, 5.74) is 6.69. The molecular weight excluding hydrogens is 404 g/mol. The molecule has 1 aliphatic rings. The largest absolute Gasteiger partial charge is 0.349 e. The summed E-state index contributed by atoms with van der Waals surface area (Å²) in [5.74, 6) is 0.471. The number of thiazole rings is 1. The molecule has 1 atom stereocenters. The van der Waals surface area contributed by atoms with Crippen molar-refractivity contribution in [2.75, 3.05) is 18.4 Å². The fourth-order valence-corrected chi connectivity index (χ4v) is 5.28. The van der Waals surface area contributed by atoms with Crippen LogP contribution >= 0.6 is 11.3 Å². The molecule has 1 unspecified atom stereocenters. The van der Waals surface area contributed by atoms with Gasteiger partial charge in [-0.2, -0.15) is 5.26 Å². The lowest BCUT2D eigenvalue weighted by atomic mass is 9.95. The number of anilines is 2. The van der Waals surface area contributed by atoms with Crippen LogP contribution in [0, 0.1) is 25.2 Å². The SMILES string of the molecule is CCCn1c(C)cc(CN2CCCC(c3csc(Nc4ccc(C#N)nc4)n3)C2)c1C. The van der Waals surface area contributed by atoms with Crippen molar-refractivity contribution in [2.45, 2.75) is 59.0 Å². The first-order valence-electron chi connectivity index (χ1n) is 11.0. The highest BCUT2D eigenvalue weighted by Gasteiger charge is 2.24. The van der Waals surface area contributed by atoms with Gasteiger partial charge in [0.2, 0.25) is 0 Å². The molecule has 3 aromatic rings. The van der Waals surface area contributed by atoms with E-state index in [0.29, 0.717) is 11.6 Å². The summed E-state index contributed by atoms with van der Waals surface area (Å²) in [6, 6.07) is 7.99. The predicted molar refractivity (Wildman–Crippen MR) is 126 cm³/mol. The van der Waals surface area contributed by atoms with Gasteiger partial charge in [0, 0.05) is 42.3 Å². The van der Waals surface area contributed by atoms with E-state index in [2.05, 4.69) is 52.0 Å². The number of hydrogen-bond acceptors (Lipinski definition) is 6. The van der Waals surface area contributed by atoms with Gasteiger partial charge in [0.05, 0.1) is 17.6 Å². The van der Waals surface area contributed by atoms with Crippen LogP contribution in [-0.4, -0.2) is 32.5 Å². The van der Waals surface area contributed by atoms with E-state index < -0.39 is 0 Å². The van der Waals surface area contributed by atoms with Gasteiger partial charge in [0.25, 0.3) is 0 Å². The van der Waals surface area contributed by atoms with E-state index >= 15 is 0 Å². The Morgan fingerprint density at radius 1 is 1.32 bits per heavy atom. The van der Waals surface area contributed by atoms with Crippen molar-refractivity contribution in [3.8, 4) is 6.07 Å². The van der Waals surface area contributed by atoms with Crippen LogP contribution in [0.25, 0.3) is 0 Å². The maximum Gasteiger partial charge on any atom is 0.187 e. The highest BCUT2D eigenvalue weighted by molar-refractivity contribution is 7.13. The van der Waals surface area contributed by atoms with Gasteiger partial charge in [-0.3, -0.25) is 4.90 Å². The molecule has 0 spiro atoms. The second kappa shape index (κ2) is 9.63. The van der Waals surface area contributed by atoms with Crippen molar-refractivity contribution in [1.82, 2.24) is 19.4 Å². The van der Waals surface area contributed by atoms with E-state index in [4.69, 9.17) is 10.2 Å². The number of nitrogens with one attached hydrogen (secondary N) is 1. The molecule has 1 saturated heterocycles. The smallest absolute Gasteiger partial charge is 0.187 e. The van der Waals surface area contributed by atoms with Gasteiger partial charge in [-0.1, -0.05) is 6.92 Å². The molecule has 7 heteroatoms. The molecule has 1 aliphatic heterocycles. The third-order valence-electron chi connectivity index (χ3n) is 6.09. The van der Waals surface area contributed by atoms with Gasteiger partial charge < -0.3 is 9.88 Å². The van der Waals surface area contributed by atoms with E-state index in [9.17, 15) is 0 Å². The number of nitrogens with zero attached hydrogens (tertiary/aromatic N) is 5. The molecule has 0 aliphatic carbocycles. The number of rotatable bonds is 7. The highest BCUT2D eigenvalue weighted by atomic mass is 32.1. The first-order chi connectivity index (χ1) is 15.1.